The van der Waals surface area contributed by atoms with Crippen molar-refractivity contribution in [1.82, 2.24) is 15.5 Å². The van der Waals surface area contributed by atoms with Crippen LogP contribution in [0.25, 0.3) is 0 Å². The van der Waals surface area contributed by atoms with E-state index in [1.165, 1.54) is 0 Å². The third kappa shape index (κ3) is 3.33. The number of alkyl halides is 2. The summed E-state index contributed by atoms with van der Waals surface area (Å²) in [5.74, 6) is 0.342. The maximum absolute atomic E-state index is 11.6. The minimum absolute atomic E-state index is 0.130. The molecule has 0 atom stereocenters. The molecule has 2 N–H and O–H groups in total. The number of amides is 2. The standard InChI is InChI=1S/C6H8F2N4O2/c1-3-10-6(14-12-3)11-5(13)9-2-4(7)8/h4H,2H2,1H3,(H2,9,10,11,12,13). The Balaban J connectivity index is 2.34. The highest BCUT2D eigenvalue weighted by Gasteiger charge is 2.09. The second-order valence-corrected chi connectivity index (χ2v) is 2.37. The second kappa shape index (κ2) is 4.49. The van der Waals surface area contributed by atoms with Crippen LogP contribution in [-0.4, -0.2) is 29.1 Å². The van der Waals surface area contributed by atoms with Gasteiger partial charge in [-0.2, -0.15) is 4.98 Å². The minimum atomic E-state index is -2.59. The highest BCUT2D eigenvalue weighted by atomic mass is 19.3. The molecule has 0 saturated heterocycles. The summed E-state index contributed by atoms with van der Waals surface area (Å²) in [4.78, 5) is 14.5. The van der Waals surface area contributed by atoms with Crippen LogP contribution in [0.4, 0.5) is 19.6 Å². The van der Waals surface area contributed by atoms with Crippen LogP contribution in [0.1, 0.15) is 5.82 Å². The molecule has 0 aliphatic rings. The molecule has 0 saturated carbocycles. The summed E-state index contributed by atoms with van der Waals surface area (Å²) in [6, 6.07) is -0.941. The van der Waals surface area contributed by atoms with Gasteiger partial charge in [0, 0.05) is 0 Å². The number of carbonyl (C=O) groups excluding carboxylic acids is 1. The van der Waals surface area contributed by atoms with Crippen molar-refractivity contribution in [2.75, 3.05) is 11.9 Å². The average Bonchev–Trinajstić information content (AvgIpc) is 2.48. The van der Waals surface area contributed by atoms with Gasteiger partial charge in [-0.15, -0.1) is 0 Å². The van der Waals surface area contributed by atoms with Crippen molar-refractivity contribution >= 4 is 12.0 Å². The number of hydrogen-bond donors (Lipinski definition) is 2. The van der Waals surface area contributed by atoms with E-state index in [4.69, 9.17) is 0 Å². The van der Waals surface area contributed by atoms with E-state index in [0.717, 1.165) is 0 Å². The van der Waals surface area contributed by atoms with Gasteiger partial charge in [0.25, 0.3) is 6.43 Å². The fourth-order valence-electron chi connectivity index (χ4n) is 0.659. The monoisotopic (exact) mass is 206 g/mol. The molecular formula is C6H8F2N4O2. The molecule has 0 spiro atoms. The van der Waals surface area contributed by atoms with E-state index in [1.54, 1.807) is 6.92 Å². The van der Waals surface area contributed by atoms with Gasteiger partial charge in [0.2, 0.25) is 0 Å². The van der Waals surface area contributed by atoms with Crippen LogP contribution in [-0.2, 0) is 0 Å². The van der Waals surface area contributed by atoms with Gasteiger partial charge in [0.15, 0.2) is 5.82 Å². The lowest BCUT2D eigenvalue weighted by Gasteiger charge is -2.02. The van der Waals surface area contributed by atoms with E-state index in [1.807, 2.05) is 5.32 Å². The van der Waals surface area contributed by atoms with Gasteiger partial charge in [-0.3, -0.25) is 5.32 Å². The number of carbonyl (C=O) groups is 1. The molecule has 8 heteroatoms. The average molecular weight is 206 g/mol. The van der Waals surface area contributed by atoms with Crippen LogP contribution in [0, 0.1) is 6.92 Å². The maximum atomic E-state index is 11.6. The van der Waals surface area contributed by atoms with Crippen molar-refractivity contribution in [3.8, 4) is 0 Å². The molecule has 0 unspecified atom stereocenters. The summed E-state index contributed by atoms with van der Waals surface area (Å²) in [6.45, 7) is 0.838. The maximum Gasteiger partial charge on any atom is 0.329 e. The quantitative estimate of drug-likeness (QED) is 0.765. The van der Waals surface area contributed by atoms with E-state index < -0.39 is 19.0 Å². The van der Waals surface area contributed by atoms with Gasteiger partial charge >= 0.3 is 12.0 Å². The molecule has 1 aromatic rings. The molecule has 2 amide bonds. The molecule has 0 fully saturated rings. The van der Waals surface area contributed by atoms with Crippen LogP contribution in [0.3, 0.4) is 0 Å². The first-order valence-electron chi connectivity index (χ1n) is 3.71. The normalized spacial score (nSPS) is 10.3. The van der Waals surface area contributed by atoms with Gasteiger partial charge in [-0.1, -0.05) is 5.16 Å². The van der Waals surface area contributed by atoms with Crippen molar-refractivity contribution < 1.29 is 18.1 Å². The van der Waals surface area contributed by atoms with Crippen molar-refractivity contribution in [3.63, 3.8) is 0 Å². The largest absolute Gasteiger partial charge is 0.332 e. The first-order valence-corrected chi connectivity index (χ1v) is 3.71. The SMILES string of the molecule is Cc1noc(NC(=O)NCC(F)F)n1. The minimum Gasteiger partial charge on any atom is -0.332 e. The van der Waals surface area contributed by atoms with Crippen molar-refractivity contribution in [2.24, 2.45) is 0 Å². The summed E-state index contributed by atoms with van der Waals surface area (Å²) >= 11 is 0. The van der Waals surface area contributed by atoms with E-state index >= 15 is 0 Å². The molecule has 6 nitrogen and oxygen atoms in total. The lowest BCUT2D eigenvalue weighted by molar-refractivity contribution is 0.147. The first-order chi connectivity index (χ1) is 6.58. The number of halogens is 2. The summed E-state index contributed by atoms with van der Waals surface area (Å²) in [5.41, 5.74) is 0. The van der Waals surface area contributed by atoms with Crippen molar-refractivity contribution in [3.05, 3.63) is 5.82 Å². The lowest BCUT2D eigenvalue weighted by Crippen LogP contribution is -2.32. The molecule has 0 bridgehead atoms. The van der Waals surface area contributed by atoms with Gasteiger partial charge in [0.05, 0.1) is 6.54 Å². The molecule has 1 heterocycles. The molecule has 1 rings (SSSR count). The first kappa shape index (κ1) is 10.4. The number of aryl methyl sites for hydroxylation is 1. The number of rotatable bonds is 3. The molecule has 1 aromatic heterocycles. The molecule has 0 radical (unpaired) electrons. The summed E-state index contributed by atoms with van der Waals surface area (Å²) < 4.78 is 27.8. The predicted molar refractivity (Wildman–Crippen MR) is 42.1 cm³/mol. The molecular weight excluding hydrogens is 198 g/mol. The van der Waals surface area contributed by atoms with E-state index in [9.17, 15) is 13.6 Å². The van der Waals surface area contributed by atoms with Crippen LogP contribution in [0.15, 0.2) is 4.52 Å². The highest BCUT2D eigenvalue weighted by molar-refractivity contribution is 5.86. The Hall–Kier alpha value is -1.73. The summed E-state index contributed by atoms with van der Waals surface area (Å²) in [5, 5.41) is 7.39. The Morgan fingerprint density at radius 1 is 1.64 bits per heavy atom. The van der Waals surface area contributed by atoms with Crippen LogP contribution >= 0.6 is 0 Å². The molecule has 0 aliphatic heterocycles. The molecule has 78 valence electrons. The van der Waals surface area contributed by atoms with Crippen LogP contribution in [0.2, 0.25) is 0 Å². The Labute approximate surface area is 77.7 Å². The van der Waals surface area contributed by atoms with E-state index in [-0.39, 0.29) is 6.01 Å². The zero-order valence-electron chi connectivity index (χ0n) is 7.25. The van der Waals surface area contributed by atoms with Crippen LogP contribution < -0.4 is 10.6 Å². The Kier molecular flexibility index (Phi) is 3.32. The number of aromatic nitrogens is 2. The smallest absolute Gasteiger partial charge is 0.329 e. The fourth-order valence-corrected chi connectivity index (χ4v) is 0.659. The van der Waals surface area contributed by atoms with Crippen molar-refractivity contribution in [2.45, 2.75) is 13.3 Å². The molecule has 14 heavy (non-hydrogen) atoms. The molecule has 0 aromatic carbocycles. The number of urea groups is 1. The van der Waals surface area contributed by atoms with E-state index in [0.29, 0.717) is 5.82 Å². The number of nitrogens with zero attached hydrogens (tertiary/aromatic N) is 2. The third-order valence-electron chi connectivity index (χ3n) is 1.16. The van der Waals surface area contributed by atoms with Gasteiger partial charge in [0.1, 0.15) is 0 Å². The predicted octanol–water partition coefficient (Wildman–Crippen LogP) is 0.765. The lowest BCUT2D eigenvalue weighted by atomic mass is 10.7. The van der Waals surface area contributed by atoms with E-state index in [2.05, 4.69) is 20.0 Å². The van der Waals surface area contributed by atoms with Gasteiger partial charge in [-0.25, -0.2) is 13.6 Å². The Morgan fingerprint density at radius 2 is 2.36 bits per heavy atom. The zero-order valence-corrected chi connectivity index (χ0v) is 7.25. The number of hydrogen-bond acceptors (Lipinski definition) is 4. The van der Waals surface area contributed by atoms with Gasteiger partial charge < -0.3 is 9.84 Å². The Bertz CT molecular complexity index is 315. The second-order valence-electron chi connectivity index (χ2n) is 2.37. The summed E-state index contributed by atoms with van der Waals surface area (Å²) in [6.07, 6.45) is -2.59. The number of anilines is 1. The topological polar surface area (TPSA) is 80.0 Å². The van der Waals surface area contributed by atoms with Crippen LogP contribution in [0.5, 0.6) is 0 Å². The summed E-state index contributed by atoms with van der Waals surface area (Å²) in [7, 11) is 0. The molecule has 0 aliphatic carbocycles. The van der Waals surface area contributed by atoms with Gasteiger partial charge in [-0.05, 0) is 6.92 Å². The highest BCUT2D eigenvalue weighted by Crippen LogP contribution is 2.01. The van der Waals surface area contributed by atoms with Crippen molar-refractivity contribution in [1.29, 1.82) is 0 Å². The fraction of sp³-hybridized carbons (Fsp3) is 0.500. The zero-order chi connectivity index (χ0) is 10.6. The third-order valence-corrected chi connectivity index (χ3v) is 1.16. The Morgan fingerprint density at radius 3 is 2.86 bits per heavy atom. The number of nitrogens with one attached hydrogen (secondary N) is 2.